The summed E-state index contributed by atoms with van der Waals surface area (Å²) in [5.41, 5.74) is 1.54. The highest BCUT2D eigenvalue weighted by Crippen LogP contribution is 2.34. The molecule has 0 saturated carbocycles. The Bertz CT molecular complexity index is 1040. The van der Waals surface area contributed by atoms with E-state index in [1.807, 2.05) is 0 Å². The number of aromatic nitrogens is 2. The normalized spacial score (nSPS) is 20.4. The minimum atomic E-state index is -0.457. The molecular weight excluding hydrogens is 417 g/mol. The molecule has 1 aromatic heterocycles. The minimum absolute atomic E-state index is 0.0185. The van der Waals surface area contributed by atoms with Crippen molar-refractivity contribution in [3.8, 4) is 17.6 Å². The largest absolute Gasteiger partial charge is 0.489 e. The molecule has 1 amide bonds. The number of benzene rings is 1. The molecular formula is C23H26FN3O5. The zero-order valence-corrected chi connectivity index (χ0v) is 18.4. The summed E-state index contributed by atoms with van der Waals surface area (Å²) in [7, 11) is 2.97. The lowest BCUT2D eigenvalue weighted by atomic mass is 9.86. The number of aryl methyl sites for hydroxylation is 1. The van der Waals surface area contributed by atoms with E-state index in [9.17, 15) is 14.0 Å². The van der Waals surface area contributed by atoms with Gasteiger partial charge in [-0.3, -0.25) is 9.59 Å². The van der Waals surface area contributed by atoms with Gasteiger partial charge in [0.25, 0.3) is 0 Å². The number of Topliss-reactive ketones (excluding diaryl/α,β-unsaturated/α-hetero) is 1. The Balaban J connectivity index is 1.46. The Morgan fingerprint density at radius 3 is 2.84 bits per heavy atom. The molecule has 3 heterocycles. The number of ketones is 1. The number of likely N-dealkylation sites (tertiary alicyclic amines) is 1. The second-order valence-electron chi connectivity index (χ2n) is 8.13. The Hall–Kier alpha value is -3.23. The molecule has 2 aliphatic heterocycles. The lowest BCUT2D eigenvalue weighted by Crippen LogP contribution is -2.47. The molecule has 2 atom stereocenters. The number of carbonyl (C=O) groups excluding carboxylic acids is 2. The first-order valence-corrected chi connectivity index (χ1v) is 10.6. The second-order valence-corrected chi connectivity index (χ2v) is 8.13. The van der Waals surface area contributed by atoms with E-state index < -0.39 is 5.82 Å². The Labute approximate surface area is 185 Å². The Morgan fingerprint density at radius 1 is 1.28 bits per heavy atom. The van der Waals surface area contributed by atoms with Crippen molar-refractivity contribution in [2.24, 2.45) is 5.92 Å². The molecule has 2 aliphatic rings. The molecule has 0 bridgehead atoms. The van der Waals surface area contributed by atoms with Gasteiger partial charge in [0.05, 0.1) is 31.9 Å². The molecule has 0 N–H and O–H groups in total. The van der Waals surface area contributed by atoms with Crippen LogP contribution >= 0.6 is 0 Å². The lowest BCUT2D eigenvalue weighted by molar-refractivity contribution is -0.133. The van der Waals surface area contributed by atoms with E-state index in [2.05, 4.69) is 9.97 Å². The first-order chi connectivity index (χ1) is 15.4. The van der Waals surface area contributed by atoms with Crippen LogP contribution in [0.25, 0.3) is 0 Å². The van der Waals surface area contributed by atoms with Crippen LogP contribution in [0.5, 0.6) is 17.6 Å². The maximum Gasteiger partial charge on any atom is 0.319 e. The molecule has 0 aliphatic carbocycles. The van der Waals surface area contributed by atoms with Gasteiger partial charge in [-0.25, -0.2) is 9.37 Å². The maximum atomic E-state index is 13.5. The minimum Gasteiger partial charge on any atom is -0.489 e. The summed E-state index contributed by atoms with van der Waals surface area (Å²) in [5, 5.41) is 0. The highest BCUT2D eigenvalue weighted by molar-refractivity contribution is 5.99. The van der Waals surface area contributed by atoms with Crippen molar-refractivity contribution >= 4 is 11.7 Å². The van der Waals surface area contributed by atoms with Crippen LogP contribution in [0.3, 0.4) is 0 Å². The van der Waals surface area contributed by atoms with Crippen molar-refractivity contribution in [2.45, 2.75) is 38.7 Å². The van der Waals surface area contributed by atoms with Crippen molar-refractivity contribution in [1.82, 2.24) is 14.9 Å². The lowest BCUT2D eigenvalue weighted by Gasteiger charge is -2.38. The van der Waals surface area contributed by atoms with E-state index in [0.717, 1.165) is 12.8 Å². The molecule has 9 heteroatoms. The zero-order chi connectivity index (χ0) is 22.8. The summed E-state index contributed by atoms with van der Waals surface area (Å²) in [6.07, 6.45) is 1.62. The number of rotatable bonds is 5. The summed E-state index contributed by atoms with van der Waals surface area (Å²) in [4.78, 5) is 35.9. The number of amides is 1. The average Bonchev–Trinajstić information content (AvgIpc) is 2.80. The summed E-state index contributed by atoms with van der Waals surface area (Å²) in [6.45, 7) is 2.91. The third kappa shape index (κ3) is 4.37. The van der Waals surface area contributed by atoms with Crippen LogP contribution in [0.1, 0.15) is 40.9 Å². The van der Waals surface area contributed by atoms with Gasteiger partial charge >= 0.3 is 6.01 Å². The van der Waals surface area contributed by atoms with Crippen LogP contribution in [-0.2, 0) is 11.2 Å². The number of hydrogen-bond donors (Lipinski definition) is 0. The predicted molar refractivity (Wildman–Crippen MR) is 113 cm³/mol. The maximum absolute atomic E-state index is 13.5. The average molecular weight is 443 g/mol. The Kier molecular flexibility index (Phi) is 6.25. The summed E-state index contributed by atoms with van der Waals surface area (Å²) >= 11 is 0. The van der Waals surface area contributed by atoms with Crippen LogP contribution in [0.2, 0.25) is 0 Å². The number of hydrogen-bond acceptors (Lipinski definition) is 7. The molecule has 4 rings (SSSR count). The summed E-state index contributed by atoms with van der Waals surface area (Å²) < 4.78 is 29.9. The summed E-state index contributed by atoms with van der Waals surface area (Å²) in [6, 6.07) is 4.20. The fourth-order valence-corrected chi connectivity index (χ4v) is 4.39. The van der Waals surface area contributed by atoms with E-state index in [4.69, 9.17) is 14.2 Å². The number of ether oxygens (including phenoxy) is 3. The molecule has 0 unspecified atom stereocenters. The van der Waals surface area contributed by atoms with Gasteiger partial charge in [0.2, 0.25) is 11.8 Å². The molecule has 170 valence electrons. The van der Waals surface area contributed by atoms with Gasteiger partial charge in [-0.1, -0.05) is 0 Å². The number of piperidine rings is 1. The van der Waals surface area contributed by atoms with E-state index >= 15 is 0 Å². The van der Waals surface area contributed by atoms with E-state index in [1.165, 1.54) is 32.4 Å². The number of nitrogens with zero attached hydrogens (tertiary/aromatic N) is 3. The fraction of sp³-hybridized carbons (Fsp3) is 0.478. The molecule has 0 radical (unpaired) electrons. The van der Waals surface area contributed by atoms with Crippen LogP contribution < -0.4 is 14.2 Å². The van der Waals surface area contributed by atoms with Gasteiger partial charge in [0, 0.05) is 31.0 Å². The second kappa shape index (κ2) is 9.10. The molecule has 32 heavy (non-hydrogen) atoms. The molecule has 1 aromatic carbocycles. The fourth-order valence-electron chi connectivity index (χ4n) is 4.39. The van der Waals surface area contributed by atoms with Crippen molar-refractivity contribution in [1.29, 1.82) is 0 Å². The number of carbonyl (C=O) groups is 2. The smallest absolute Gasteiger partial charge is 0.319 e. The van der Waals surface area contributed by atoms with Crippen molar-refractivity contribution in [3.63, 3.8) is 0 Å². The summed E-state index contributed by atoms with van der Waals surface area (Å²) in [5.74, 6) is 0.101. The predicted octanol–water partition coefficient (Wildman–Crippen LogP) is 2.76. The van der Waals surface area contributed by atoms with Crippen molar-refractivity contribution in [3.05, 3.63) is 40.8 Å². The first-order valence-electron chi connectivity index (χ1n) is 10.6. The third-order valence-corrected chi connectivity index (χ3v) is 6.10. The highest BCUT2D eigenvalue weighted by Gasteiger charge is 2.36. The third-order valence-electron chi connectivity index (χ3n) is 6.10. The topological polar surface area (TPSA) is 90.9 Å². The molecule has 2 aromatic rings. The van der Waals surface area contributed by atoms with Gasteiger partial charge < -0.3 is 19.1 Å². The van der Waals surface area contributed by atoms with E-state index in [1.54, 1.807) is 11.8 Å². The van der Waals surface area contributed by atoms with Crippen molar-refractivity contribution < 1.29 is 28.2 Å². The number of halogens is 1. The van der Waals surface area contributed by atoms with Gasteiger partial charge in [-0.2, -0.15) is 4.98 Å². The first kappa shape index (κ1) is 22.0. The highest BCUT2D eigenvalue weighted by atomic mass is 19.1. The van der Waals surface area contributed by atoms with Crippen LogP contribution in [-0.4, -0.2) is 60.0 Å². The van der Waals surface area contributed by atoms with Crippen LogP contribution in [0, 0.1) is 18.7 Å². The molecule has 0 spiro atoms. The standard InChI is InChI=1S/C23H26FN3O5/c1-13-16(22(30-2)26-23(25-13)31-3)10-21(29)27-8-4-5-14(12-27)20-11-18(28)17-9-15(24)6-7-19(17)32-20/h6-7,9,14,20H,4-5,8,10-12H2,1-3H3/t14-,20-/m0/s1. The molecule has 1 fully saturated rings. The monoisotopic (exact) mass is 443 g/mol. The van der Waals surface area contributed by atoms with Gasteiger partial charge in [-0.15, -0.1) is 0 Å². The van der Waals surface area contributed by atoms with Gasteiger partial charge in [0.1, 0.15) is 17.7 Å². The zero-order valence-electron chi connectivity index (χ0n) is 18.4. The Morgan fingerprint density at radius 2 is 2.09 bits per heavy atom. The number of methoxy groups -OCH3 is 2. The molecule has 1 saturated heterocycles. The van der Waals surface area contributed by atoms with Crippen LogP contribution in [0.4, 0.5) is 4.39 Å². The van der Waals surface area contributed by atoms with E-state index in [0.29, 0.717) is 36.0 Å². The molecule has 8 nitrogen and oxygen atoms in total. The van der Waals surface area contributed by atoms with E-state index in [-0.39, 0.29) is 48.1 Å². The van der Waals surface area contributed by atoms with Gasteiger partial charge in [0.15, 0.2) is 5.78 Å². The van der Waals surface area contributed by atoms with Crippen molar-refractivity contribution in [2.75, 3.05) is 27.3 Å². The van der Waals surface area contributed by atoms with Gasteiger partial charge in [-0.05, 0) is 38.0 Å². The number of fused-ring (bicyclic) bond motifs is 1. The SMILES string of the molecule is COc1nc(C)c(CC(=O)N2CCC[C@H]([C@@H]3CC(=O)c4cc(F)ccc4O3)C2)c(OC)n1. The van der Waals surface area contributed by atoms with Crippen LogP contribution in [0.15, 0.2) is 18.2 Å². The quantitative estimate of drug-likeness (QED) is 0.702.